The minimum absolute atomic E-state index is 0.0572. The van der Waals surface area contributed by atoms with Gasteiger partial charge in [-0.05, 0) is 33.4 Å². The van der Waals surface area contributed by atoms with Crippen LogP contribution in [0.2, 0.25) is 0 Å². The van der Waals surface area contributed by atoms with Crippen molar-refractivity contribution < 1.29 is 19.2 Å². The predicted molar refractivity (Wildman–Crippen MR) is 220 cm³/mol. The lowest BCUT2D eigenvalue weighted by Crippen LogP contribution is -2.31. The lowest BCUT2D eigenvalue weighted by atomic mass is 9.98. The van der Waals surface area contributed by atoms with Crippen molar-refractivity contribution in [3.63, 3.8) is 0 Å². The Morgan fingerprint density at radius 3 is 1.10 bits per heavy atom. The summed E-state index contributed by atoms with van der Waals surface area (Å²) in [6.07, 6.45) is 4.45. The number of H-pyrrole nitrogens is 2. The van der Waals surface area contributed by atoms with E-state index in [4.69, 9.17) is 0 Å². The second-order valence-electron chi connectivity index (χ2n) is 14.2. The number of nitrogens with zero attached hydrogens (tertiary/aromatic N) is 2. The molecule has 2 N–H and O–H groups in total. The summed E-state index contributed by atoms with van der Waals surface area (Å²) in [5.41, 5.74) is 4.55. The largest absolute Gasteiger partial charge is 0.328 e. The zero-order valence-corrected chi connectivity index (χ0v) is 32.0. The monoisotopic (exact) mass is 776 g/mol. The summed E-state index contributed by atoms with van der Waals surface area (Å²) in [5.74, 6) is -0.439. The molecule has 0 amide bonds. The van der Waals surface area contributed by atoms with Gasteiger partial charge in [0.2, 0.25) is 0 Å². The lowest BCUT2D eigenvalue weighted by molar-refractivity contribution is -0.118. The van der Waals surface area contributed by atoms with Crippen molar-refractivity contribution in [1.82, 2.24) is 19.1 Å². The smallest absolute Gasteiger partial charge is 0.300 e. The molecule has 2 heterocycles. The van der Waals surface area contributed by atoms with Crippen LogP contribution in [0, 0.1) is 0 Å². The molecule has 0 saturated heterocycles. The minimum atomic E-state index is -0.574. The Bertz CT molecular complexity index is 2580. The zero-order chi connectivity index (χ0) is 41.3. The molecule has 292 valence electrons. The third-order valence-corrected chi connectivity index (χ3v) is 9.79. The number of carbonyl (C=O) groups is 4. The van der Waals surface area contributed by atoms with Crippen LogP contribution in [0.4, 0.5) is 0 Å². The average Bonchev–Trinajstić information content (AvgIpc) is 3.19. The van der Waals surface area contributed by atoms with Crippen LogP contribution in [0.5, 0.6) is 0 Å². The van der Waals surface area contributed by atoms with Crippen LogP contribution in [0.25, 0.3) is 12.2 Å². The van der Waals surface area contributed by atoms with Crippen LogP contribution < -0.4 is 22.5 Å². The van der Waals surface area contributed by atoms with Gasteiger partial charge < -0.3 is 9.13 Å². The number of aromatic amines is 2. The molecule has 6 rings (SSSR count). The maximum Gasteiger partial charge on any atom is 0.328 e. The van der Waals surface area contributed by atoms with Gasteiger partial charge in [0, 0.05) is 87.3 Å². The number of carbonyl (C=O) groups excluding carboxylic acids is 4. The number of rotatable bonds is 16. The number of nitrogens with one attached hydrogen (secondary N) is 2. The van der Waals surface area contributed by atoms with Gasteiger partial charge in [-0.2, -0.15) is 0 Å². The summed E-state index contributed by atoms with van der Waals surface area (Å²) in [6, 6.07) is 31.6. The Morgan fingerprint density at radius 1 is 0.448 bits per heavy atom. The first-order chi connectivity index (χ1) is 27.8. The van der Waals surface area contributed by atoms with Gasteiger partial charge in [0.05, 0.1) is 0 Å². The van der Waals surface area contributed by atoms with E-state index in [2.05, 4.69) is 9.97 Å². The number of Topliss-reactive ketones (excluding diaryl/α,β-unsaturated/α-hetero) is 4. The van der Waals surface area contributed by atoms with E-state index >= 15 is 0 Å². The highest BCUT2D eigenvalue weighted by molar-refractivity contribution is 5.98. The van der Waals surface area contributed by atoms with Crippen LogP contribution >= 0.6 is 0 Å². The fourth-order valence-corrected chi connectivity index (χ4v) is 6.41. The second kappa shape index (κ2) is 18.1. The van der Waals surface area contributed by atoms with Crippen molar-refractivity contribution >= 4 is 35.3 Å². The van der Waals surface area contributed by atoms with Crippen LogP contribution in [0.15, 0.2) is 128 Å². The molecule has 0 aliphatic carbocycles. The van der Waals surface area contributed by atoms with Gasteiger partial charge in [0.15, 0.2) is 11.6 Å². The van der Waals surface area contributed by atoms with Crippen molar-refractivity contribution in [3.8, 4) is 0 Å². The molecule has 4 aromatic carbocycles. The van der Waals surface area contributed by atoms with Crippen LogP contribution in [0.3, 0.4) is 0 Å². The fraction of sp³-hybridized carbons (Fsp3) is 0.174. The third kappa shape index (κ3) is 10.7. The SMILES string of the molecule is Cn1c(CC(=O)Cc2ccc(C(=O)Cc3ccc(/C=C/c4ccc(CC(=O)c5ccc(CC(=O)Cc6cc(=O)[nH]c(=O)n6C)cc5)cc4)cc3)cc2)cc(=O)[nH]c1=O. The average molecular weight is 777 g/mol. The van der Waals surface area contributed by atoms with Gasteiger partial charge in [-0.1, -0.05) is 109 Å². The molecule has 0 bridgehead atoms. The molecule has 0 saturated carbocycles. The number of hydrogen-bond donors (Lipinski definition) is 2. The van der Waals surface area contributed by atoms with E-state index in [1.165, 1.54) is 35.4 Å². The first-order valence-corrected chi connectivity index (χ1v) is 18.5. The quantitative estimate of drug-likeness (QED) is 0.109. The molecule has 0 aliphatic rings. The van der Waals surface area contributed by atoms with E-state index in [1.807, 2.05) is 60.7 Å². The highest BCUT2D eigenvalue weighted by atomic mass is 16.2. The molecule has 0 unspecified atom stereocenters. The van der Waals surface area contributed by atoms with Crippen LogP contribution in [-0.4, -0.2) is 42.2 Å². The maximum atomic E-state index is 13.0. The molecule has 0 spiro atoms. The van der Waals surface area contributed by atoms with E-state index < -0.39 is 22.5 Å². The highest BCUT2D eigenvalue weighted by Gasteiger charge is 2.14. The van der Waals surface area contributed by atoms with Crippen molar-refractivity contribution in [2.24, 2.45) is 14.1 Å². The van der Waals surface area contributed by atoms with Crippen molar-refractivity contribution in [2.45, 2.75) is 38.5 Å². The Labute approximate surface area is 332 Å². The Hall–Kier alpha value is -7.34. The summed E-state index contributed by atoms with van der Waals surface area (Å²) in [4.78, 5) is 102. The molecule has 0 aliphatic heterocycles. The summed E-state index contributed by atoms with van der Waals surface area (Å²) in [6.45, 7) is 0. The standard InChI is InChI=1S/C46H40N4O8/c1-49-37(27-43(55)47-45(49)57)25-39(51)21-31-13-17-35(18-14-31)41(53)23-33-9-5-29(6-10-33)3-4-30-7-11-34(12-8-30)24-42(54)36-19-15-32(16-20-36)22-40(52)26-38-28-44(56)48-46(58)50(38)2/h3-20,27-28H,21-26H2,1-2H3,(H,47,55,57)(H,48,56,58)/b4-3+. The van der Waals surface area contributed by atoms with Crippen molar-refractivity contribution in [3.05, 3.63) is 207 Å². The number of aromatic nitrogens is 4. The molecule has 0 radical (unpaired) electrons. The lowest BCUT2D eigenvalue weighted by Gasteiger charge is -2.07. The molecule has 2 aromatic heterocycles. The van der Waals surface area contributed by atoms with E-state index in [0.717, 1.165) is 33.4 Å². The molecular formula is C46H40N4O8. The molecular weight excluding hydrogens is 737 g/mol. The van der Waals surface area contributed by atoms with E-state index in [1.54, 1.807) is 48.5 Å². The highest BCUT2D eigenvalue weighted by Crippen LogP contribution is 2.16. The zero-order valence-electron chi connectivity index (χ0n) is 32.0. The summed E-state index contributed by atoms with van der Waals surface area (Å²) >= 11 is 0. The van der Waals surface area contributed by atoms with E-state index in [-0.39, 0.29) is 61.7 Å². The first kappa shape index (κ1) is 40.3. The maximum absolute atomic E-state index is 13.0. The predicted octanol–water partition coefficient (Wildman–Crippen LogP) is 4.19. The Balaban J connectivity index is 0.954. The molecule has 12 heteroatoms. The summed E-state index contributed by atoms with van der Waals surface area (Å²) < 4.78 is 2.48. The summed E-state index contributed by atoms with van der Waals surface area (Å²) in [5, 5.41) is 0. The third-order valence-electron chi connectivity index (χ3n) is 9.79. The molecule has 58 heavy (non-hydrogen) atoms. The van der Waals surface area contributed by atoms with Gasteiger partial charge in [-0.15, -0.1) is 0 Å². The van der Waals surface area contributed by atoms with E-state index in [9.17, 15) is 38.4 Å². The second-order valence-corrected chi connectivity index (χ2v) is 14.2. The number of hydrogen-bond acceptors (Lipinski definition) is 8. The van der Waals surface area contributed by atoms with Gasteiger partial charge in [-0.3, -0.25) is 38.7 Å². The van der Waals surface area contributed by atoms with E-state index in [0.29, 0.717) is 22.5 Å². The number of benzene rings is 4. The van der Waals surface area contributed by atoms with Gasteiger partial charge in [0.1, 0.15) is 11.6 Å². The topological polar surface area (TPSA) is 178 Å². The molecule has 0 fully saturated rings. The van der Waals surface area contributed by atoms with Gasteiger partial charge >= 0.3 is 11.4 Å². The fourth-order valence-electron chi connectivity index (χ4n) is 6.41. The van der Waals surface area contributed by atoms with Gasteiger partial charge in [0.25, 0.3) is 11.1 Å². The number of ketones is 4. The van der Waals surface area contributed by atoms with Crippen molar-refractivity contribution in [2.75, 3.05) is 0 Å². The van der Waals surface area contributed by atoms with Gasteiger partial charge in [-0.25, -0.2) is 9.59 Å². The Kier molecular flexibility index (Phi) is 12.6. The molecule has 0 atom stereocenters. The Morgan fingerprint density at radius 2 is 0.759 bits per heavy atom. The molecule has 12 nitrogen and oxygen atoms in total. The summed E-state index contributed by atoms with van der Waals surface area (Å²) in [7, 11) is 2.99. The van der Waals surface area contributed by atoms with Crippen LogP contribution in [0.1, 0.15) is 65.5 Å². The minimum Gasteiger partial charge on any atom is -0.300 e. The van der Waals surface area contributed by atoms with Crippen LogP contribution in [-0.2, 0) is 62.2 Å². The molecule has 6 aromatic rings. The van der Waals surface area contributed by atoms with Crippen molar-refractivity contribution in [1.29, 1.82) is 0 Å². The normalized spacial score (nSPS) is 11.1. The first-order valence-electron chi connectivity index (χ1n) is 18.5.